The molecule has 0 bridgehead atoms. The molecular formula is C12H19NO2S. The van der Waals surface area contributed by atoms with Gasteiger partial charge >= 0.3 is 5.97 Å². The Bertz CT molecular complexity index is 360. The zero-order valence-electron chi connectivity index (χ0n) is 9.82. The van der Waals surface area contributed by atoms with E-state index in [2.05, 4.69) is 19.9 Å². The number of carboxylic acids is 1. The van der Waals surface area contributed by atoms with Crippen LogP contribution in [0.5, 0.6) is 0 Å². The highest BCUT2D eigenvalue weighted by Gasteiger charge is 2.11. The minimum atomic E-state index is -0.725. The highest BCUT2D eigenvalue weighted by Crippen LogP contribution is 2.28. The van der Waals surface area contributed by atoms with Crippen LogP contribution in [0.1, 0.15) is 47.0 Å². The van der Waals surface area contributed by atoms with Crippen LogP contribution in [0.3, 0.4) is 0 Å². The number of hydrogen-bond donors (Lipinski definition) is 2. The highest BCUT2D eigenvalue weighted by atomic mass is 32.1. The van der Waals surface area contributed by atoms with Crippen molar-refractivity contribution in [1.82, 2.24) is 0 Å². The van der Waals surface area contributed by atoms with Crippen LogP contribution in [0.25, 0.3) is 0 Å². The summed E-state index contributed by atoms with van der Waals surface area (Å²) in [5.41, 5.74) is 7.35. The first-order valence-corrected chi connectivity index (χ1v) is 6.36. The van der Waals surface area contributed by atoms with E-state index in [4.69, 9.17) is 10.8 Å². The Labute approximate surface area is 100 Å². The van der Waals surface area contributed by atoms with Crippen LogP contribution < -0.4 is 5.73 Å². The molecule has 1 aromatic heterocycles. The van der Waals surface area contributed by atoms with Gasteiger partial charge in [-0.05, 0) is 38.3 Å². The van der Waals surface area contributed by atoms with Gasteiger partial charge in [0.15, 0.2) is 0 Å². The number of aryl methyl sites for hydroxylation is 2. The highest BCUT2D eigenvalue weighted by molar-refractivity contribution is 7.12. The van der Waals surface area contributed by atoms with Gasteiger partial charge in [0.25, 0.3) is 0 Å². The molecule has 16 heavy (non-hydrogen) atoms. The third-order valence-corrected chi connectivity index (χ3v) is 3.86. The molecular weight excluding hydrogens is 222 g/mol. The van der Waals surface area contributed by atoms with Crippen molar-refractivity contribution in [2.24, 2.45) is 5.73 Å². The van der Waals surface area contributed by atoms with E-state index in [1.54, 1.807) is 11.3 Å². The fourth-order valence-corrected chi connectivity index (χ4v) is 2.87. The lowest BCUT2D eigenvalue weighted by molar-refractivity contribution is -0.137. The van der Waals surface area contributed by atoms with Crippen LogP contribution in [0.2, 0.25) is 0 Å². The average molecular weight is 241 g/mol. The van der Waals surface area contributed by atoms with Crippen molar-refractivity contribution in [2.75, 3.05) is 0 Å². The Morgan fingerprint density at radius 3 is 2.69 bits per heavy atom. The Morgan fingerprint density at radius 2 is 2.19 bits per heavy atom. The van der Waals surface area contributed by atoms with Crippen molar-refractivity contribution in [3.63, 3.8) is 0 Å². The minimum Gasteiger partial charge on any atom is -0.481 e. The Balaban J connectivity index is 2.38. The summed E-state index contributed by atoms with van der Waals surface area (Å²) >= 11 is 1.75. The average Bonchev–Trinajstić information content (AvgIpc) is 2.52. The molecule has 0 aliphatic heterocycles. The van der Waals surface area contributed by atoms with E-state index < -0.39 is 5.97 Å². The maximum atomic E-state index is 10.3. The second kappa shape index (κ2) is 6.01. The number of nitrogens with two attached hydrogens (primary N) is 1. The SMILES string of the molecule is Cc1cc(C)c(C(N)CCCCC(=O)O)s1. The van der Waals surface area contributed by atoms with E-state index in [-0.39, 0.29) is 12.5 Å². The number of carbonyl (C=O) groups is 1. The number of thiophene rings is 1. The summed E-state index contributed by atoms with van der Waals surface area (Å²) in [6.07, 6.45) is 2.71. The smallest absolute Gasteiger partial charge is 0.303 e. The molecule has 3 N–H and O–H groups in total. The zero-order chi connectivity index (χ0) is 12.1. The maximum absolute atomic E-state index is 10.3. The third-order valence-electron chi connectivity index (χ3n) is 2.57. The van der Waals surface area contributed by atoms with Gasteiger partial charge in [0.05, 0.1) is 0 Å². The van der Waals surface area contributed by atoms with Crippen LogP contribution in [-0.2, 0) is 4.79 Å². The van der Waals surface area contributed by atoms with E-state index in [0.717, 1.165) is 12.8 Å². The molecule has 3 nitrogen and oxygen atoms in total. The summed E-state index contributed by atoms with van der Waals surface area (Å²) in [4.78, 5) is 12.9. The van der Waals surface area contributed by atoms with Crippen molar-refractivity contribution in [2.45, 2.75) is 45.6 Å². The van der Waals surface area contributed by atoms with Crippen molar-refractivity contribution in [3.05, 3.63) is 21.4 Å². The van der Waals surface area contributed by atoms with Crippen LogP contribution in [0.4, 0.5) is 0 Å². The van der Waals surface area contributed by atoms with Crippen molar-refractivity contribution >= 4 is 17.3 Å². The van der Waals surface area contributed by atoms with Gasteiger partial charge < -0.3 is 10.8 Å². The Kier molecular flexibility index (Phi) is 4.96. The van der Waals surface area contributed by atoms with E-state index in [1.807, 2.05) is 0 Å². The molecule has 1 atom stereocenters. The molecule has 1 aromatic rings. The molecule has 0 aliphatic carbocycles. The number of unbranched alkanes of at least 4 members (excludes halogenated alkanes) is 1. The van der Waals surface area contributed by atoms with Crippen molar-refractivity contribution in [3.8, 4) is 0 Å². The van der Waals surface area contributed by atoms with E-state index in [1.165, 1.54) is 15.3 Å². The lowest BCUT2D eigenvalue weighted by Gasteiger charge is -2.10. The standard InChI is InChI=1S/C12H19NO2S/c1-8-7-9(2)16-12(8)10(13)5-3-4-6-11(14)15/h7,10H,3-6,13H2,1-2H3,(H,14,15). The lowest BCUT2D eigenvalue weighted by Crippen LogP contribution is -2.09. The van der Waals surface area contributed by atoms with Gasteiger partial charge in [-0.2, -0.15) is 0 Å². The molecule has 4 heteroatoms. The molecule has 1 heterocycles. The van der Waals surface area contributed by atoms with Crippen LogP contribution in [0, 0.1) is 13.8 Å². The van der Waals surface area contributed by atoms with Gasteiger partial charge in [-0.1, -0.05) is 6.42 Å². The summed E-state index contributed by atoms with van der Waals surface area (Å²) in [6.45, 7) is 4.16. The monoisotopic (exact) mass is 241 g/mol. The topological polar surface area (TPSA) is 63.3 Å². The first kappa shape index (κ1) is 13.2. The number of carboxylic acid groups (broad SMARTS) is 1. The van der Waals surface area contributed by atoms with Crippen LogP contribution in [0.15, 0.2) is 6.07 Å². The number of rotatable bonds is 6. The predicted octanol–water partition coefficient (Wildman–Crippen LogP) is 3.01. The summed E-state index contributed by atoms with van der Waals surface area (Å²) in [5, 5.41) is 8.51. The van der Waals surface area contributed by atoms with Gasteiger partial charge in [-0.25, -0.2) is 0 Å². The first-order chi connectivity index (χ1) is 7.50. The Hall–Kier alpha value is -0.870. The van der Waals surface area contributed by atoms with Gasteiger partial charge in [0.1, 0.15) is 0 Å². The fraction of sp³-hybridized carbons (Fsp3) is 0.583. The number of aliphatic carboxylic acids is 1. The maximum Gasteiger partial charge on any atom is 0.303 e. The molecule has 90 valence electrons. The second-order valence-corrected chi connectivity index (χ2v) is 5.44. The molecule has 1 rings (SSSR count). The van der Waals surface area contributed by atoms with Gasteiger partial charge in [0, 0.05) is 22.2 Å². The normalized spacial score (nSPS) is 12.7. The minimum absolute atomic E-state index is 0.0625. The third kappa shape index (κ3) is 3.94. The molecule has 0 fully saturated rings. The molecule has 0 amide bonds. The predicted molar refractivity (Wildman–Crippen MR) is 66.8 cm³/mol. The van der Waals surface area contributed by atoms with Crippen molar-refractivity contribution in [1.29, 1.82) is 0 Å². The van der Waals surface area contributed by atoms with E-state index in [9.17, 15) is 4.79 Å². The van der Waals surface area contributed by atoms with Gasteiger partial charge in [0.2, 0.25) is 0 Å². The van der Waals surface area contributed by atoms with Crippen LogP contribution in [-0.4, -0.2) is 11.1 Å². The molecule has 0 aliphatic rings. The Morgan fingerprint density at radius 1 is 1.50 bits per heavy atom. The molecule has 0 aromatic carbocycles. The van der Waals surface area contributed by atoms with Crippen LogP contribution >= 0.6 is 11.3 Å². The van der Waals surface area contributed by atoms with E-state index >= 15 is 0 Å². The lowest BCUT2D eigenvalue weighted by atomic mass is 10.1. The summed E-state index contributed by atoms with van der Waals surface area (Å²) < 4.78 is 0. The molecule has 0 radical (unpaired) electrons. The van der Waals surface area contributed by atoms with Gasteiger partial charge in [-0.15, -0.1) is 11.3 Å². The largest absolute Gasteiger partial charge is 0.481 e. The molecule has 0 saturated carbocycles. The second-order valence-electron chi connectivity index (χ2n) is 4.15. The van der Waals surface area contributed by atoms with Gasteiger partial charge in [-0.3, -0.25) is 4.79 Å². The first-order valence-electron chi connectivity index (χ1n) is 5.55. The number of hydrogen-bond acceptors (Lipinski definition) is 3. The van der Waals surface area contributed by atoms with Crippen molar-refractivity contribution < 1.29 is 9.90 Å². The summed E-state index contributed by atoms with van der Waals surface area (Å²) in [7, 11) is 0. The molecule has 0 spiro atoms. The molecule has 0 saturated heterocycles. The van der Waals surface area contributed by atoms with E-state index in [0.29, 0.717) is 6.42 Å². The fourth-order valence-electron chi connectivity index (χ4n) is 1.80. The summed E-state index contributed by atoms with van der Waals surface area (Å²) in [5.74, 6) is -0.725. The quantitative estimate of drug-likeness (QED) is 0.752. The molecule has 1 unspecified atom stereocenters. The summed E-state index contributed by atoms with van der Waals surface area (Å²) in [6, 6.07) is 2.21. The zero-order valence-corrected chi connectivity index (χ0v) is 10.6.